The van der Waals surface area contributed by atoms with Gasteiger partial charge in [0.25, 0.3) is 0 Å². The average Bonchev–Trinajstić information content (AvgIpc) is 3.45. The number of pyridine rings is 1. The lowest BCUT2D eigenvalue weighted by Gasteiger charge is -2.71. The highest BCUT2D eigenvalue weighted by Gasteiger charge is 2.71. The van der Waals surface area contributed by atoms with Crippen molar-refractivity contribution < 1.29 is 8.42 Å². The molecule has 3 fully saturated rings. The first-order valence-electron chi connectivity index (χ1n) is 11.7. The number of nitrogens with zero attached hydrogens (tertiary/aromatic N) is 5. The Kier molecular flexibility index (Phi) is 4.52. The van der Waals surface area contributed by atoms with Gasteiger partial charge in [-0.05, 0) is 56.2 Å². The van der Waals surface area contributed by atoms with Gasteiger partial charge in [0.05, 0.1) is 5.39 Å². The van der Waals surface area contributed by atoms with Crippen LogP contribution in [0.15, 0.2) is 46.9 Å². The van der Waals surface area contributed by atoms with Crippen LogP contribution in [0.5, 0.6) is 0 Å². The van der Waals surface area contributed by atoms with Gasteiger partial charge in [-0.25, -0.2) is 18.4 Å². The van der Waals surface area contributed by atoms with Crippen molar-refractivity contribution in [2.45, 2.75) is 60.6 Å². The van der Waals surface area contributed by atoms with Crippen LogP contribution in [-0.2, 0) is 9.84 Å². The van der Waals surface area contributed by atoms with Gasteiger partial charge in [-0.3, -0.25) is 10.00 Å². The molecule has 180 valence electrons. The van der Waals surface area contributed by atoms with Gasteiger partial charge in [0, 0.05) is 36.1 Å². The number of piperidine rings is 2. The van der Waals surface area contributed by atoms with Crippen LogP contribution >= 0.6 is 11.3 Å². The topological polar surface area (TPSA) is 129 Å². The third-order valence-electron chi connectivity index (χ3n) is 7.50. The van der Waals surface area contributed by atoms with Crippen molar-refractivity contribution >= 4 is 49.0 Å². The second-order valence-electron chi connectivity index (χ2n) is 9.65. The molecule has 0 aromatic carbocycles. The van der Waals surface area contributed by atoms with Crippen molar-refractivity contribution in [2.75, 3.05) is 10.6 Å². The number of rotatable bonds is 6. The summed E-state index contributed by atoms with van der Waals surface area (Å²) in [7, 11) is -3.48. The number of aromatic amines is 1. The lowest BCUT2D eigenvalue weighted by Crippen LogP contribution is -2.83. The minimum Gasteiger partial charge on any atom is -0.351 e. The van der Waals surface area contributed by atoms with Crippen molar-refractivity contribution in [3.05, 3.63) is 47.6 Å². The normalized spacial score (nSPS) is 27.6. The van der Waals surface area contributed by atoms with E-state index in [4.69, 9.17) is 9.97 Å². The number of anilines is 3. The molecule has 7 rings (SSSR count). The van der Waals surface area contributed by atoms with Gasteiger partial charge in [-0.2, -0.15) is 10.1 Å². The Morgan fingerprint density at radius 3 is 2.71 bits per heavy atom. The average molecular weight is 509 g/mol. The molecule has 0 spiro atoms. The summed E-state index contributed by atoms with van der Waals surface area (Å²) in [6.07, 6.45) is 4.58. The molecule has 1 unspecified atom stereocenters. The Morgan fingerprint density at radius 1 is 1.17 bits per heavy atom. The zero-order chi connectivity index (χ0) is 23.8. The van der Waals surface area contributed by atoms with E-state index >= 15 is 0 Å². The van der Waals surface area contributed by atoms with E-state index in [0.717, 1.165) is 34.6 Å². The Hall–Kier alpha value is -3.09. The van der Waals surface area contributed by atoms with Gasteiger partial charge in [-0.1, -0.05) is 6.07 Å². The summed E-state index contributed by atoms with van der Waals surface area (Å²) in [5.74, 6) is 2.01. The van der Waals surface area contributed by atoms with E-state index in [1.165, 1.54) is 0 Å². The van der Waals surface area contributed by atoms with Crippen molar-refractivity contribution in [2.24, 2.45) is 0 Å². The number of nitrogens with one attached hydrogen (secondary N) is 3. The number of sulfone groups is 1. The van der Waals surface area contributed by atoms with Gasteiger partial charge in [0.15, 0.2) is 10.8 Å². The first-order chi connectivity index (χ1) is 16.9. The van der Waals surface area contributed by atoms with Crippen LogP contribution < -0.4 is 10.6 Å². The lowest BCUT2D eigenvalue weighted by atomic mass is 9.68. The number of thiophene rings is 1. The Morgan fingerprint density at radius 2 is 2.00 bits per heavy atom. The van der Waals surface area contributed by atoms with Crippen molar-refractivity contribution in [3.63, 3.8) is 0 Å². The van der Waals surface area contributed by atoms with Crippen molar-refractivity contribution in [1.82, 2.24) is 30.0 Å². The molecule has 10 nitrogen and oxygen atoms in total. The van der Waals surface area contributed by atoms with Crippen LogP contribution in [0, 0.1) is 6.92 Å². The van der Waals surface area contributed by atoms with E-state index in [2.05, 4.69) is 30.7 Å². The Bertz CT molecular complexity index is 1520. The SMILES string of the molecule is Cc1cc(Nc2nc(N[C@H]3C[C@@H]4CC5(S(=O)(=O)c6ccccn6)C[C@H](C3)N45)nc3sccc23)n[nH]1. The van der Waals surface area contributed by atoms with Crippen LogP contribution in [0.3, 0.4) is 0 Å². The highest BCUT2D eigenvalue weighted by Crippen LogP contribution is 2.60. The number of hydrogen-bond acceptors (Lipinski definition) is 10. The molecule has 3 aliphatic heterocycles. The number of aryl methyl sites for hydroxylation is 1. The zero-order valence-electron chi connectivity index (χ0n) is 19.0. The highest BCUT2D eigenvalue weighted by atomic mass is 32.2. The van der Waals surface area contributed by atoms with E-state index in [1.54, 1.807) is 35.7 Å². The second kappa shape index (κ2) is 7.45. The van der Waals surface area contributed by atoms with Gasteiger partial charge in [0.1, 0.15) is 15.5 Å². The maximum atomic E-state index is 13.3. The third kappa shape index (κ3) is 3.13. The largest absolute Gasteiger partial charge is 0.351 e. The highest BCUT2D eigenvalue weighted by molar-refractivity contribution is 7.92. The summed E-state index contributed by atoms with van der Waals surface area (Å²) < 4.78 is 26.7. The van der Waals surface area contributed by atoms with Crippen LogP contribution in [0.25, 0.3) is 10.2 Å². The molecule has 4 aromatic heterocycles. The predicted octanol–water partition coefficient (Wildman–Crippen LogP) is 3.45. The molecular weight excluding hydrogens is 484 g/mol. The van der Waals surface area contributed by atoms with Crippen LogP contribution in [0.2, 0.25) is 0 Å². The summed E-state index contributed by atoms with van der Waals surface area (Å²) in [6.45, 7) is 1.95. The first-order valence-corrected chi connectivity index (χ1v) is 14.0. The monoisotopic (exact) mass is 508 g/mol. The molecular formula is C23H24N8O2S2. The summed E-state index contributed by atoms with van der Waals surface area (Å²) in [4.78, 5) is 16.0. The molecule has 0 bridgehead atoms. The maximum absolute atomic E-state index is 13.3. The van der Waals surface area contributed by atoms with Crippen LogP contribution in [0.1, 0.15) is 31.4 Å². The summed E-state index contributed by atoms with van der Waals surface area (Å²) >= 11 is 1.57. The predicted molar refractivity (Wildman–Crippen MR) is 133 cm³/mol. The van der Waals surface area contributed by atoms with E-state index in [1.807, 2.05) is 24.4 Å². The van der Waals surface area contributed by atoms with Gasteiger partial charge in [-0.15, -0.1) is 11.3 Å². The first kappa shape index (κ1) is 21.2. The maximum Gasteiger partial charge on any atom is 0.226 e. The lowest BCUT2D eigenvalue weighted by molar-refractivity contribution is -0.173. The molecule has 7 heterocycles. The van der Waals surface area contributed by atoms with E-state index < -0.39 is 14.7 Å². The molecule has 0 saturated carbocycles. The fourth-order valence-corrected chi connectivity index (χ4v) is 9.10. The molecule has 12 heteroatoms. The van der Waals surface area contributed by atoms with Gasteiger partial charge < -0.3 is 10.6 Å². The van der Waals surface area contributed by atoms with E-state index in [9.17, 15) is 8.42 Å². The molecule has 3 N–H and O–H groups in total. The van der Waals surface area contributed by atoms with Crippen LogP contribution in [0.4, 0.5) is 17.6 Å². The summed E-state index contributed by atoms with van der Waals surface area (Å²) in [5, 5.41) is 17.2. The van der Waals surface area contributed by atoms with E-state index in [-0.39, 0.29) is 23.2 Å². The minimum absolute atomic E-state index is 0.182. The van der Waals surface area contributed by atoms with E-state index in [0.29, 0.717) is 24.6 Å². The van der Waals surface area contributed by atoms with Crippen LogP contribution in [-0.4, -0.2) is 61.5 Å². The number of fused-ring (bicyclic) bond motifs is 1. The summed E-state index contributed by atoms with van der Waals surface area (Å²) in [6, 6.07) is 9.70. The Balaban J connectivity index is 1.09. The standard InChI is InChI=1S/C23H24N8O2S2/c1-13-8-18(30-29-13)26-20-17-5-7-34-21(17)28-22(27-20)25-14-9-15-11-23(12-16(10-14)31(15)23)35(32,33)19-4-2-3-6-24-19/h2-8,14-16H,9-12H2,1H3,(H3,25,26,27,28,29,30)/t14-,15+,16-,23?. The molecule has 0 amide bonds. The van der Waals surface area contributed by atoms with Crippen molar-refractivity contribution in [3.8, 4) is 0 Å². The molecule has 4 atom stereocenters. The fraction of sp³-hybridized carbons (Fsp3) is 0.391. The van der Waals surface area contributed by atoms with Gasteiger partial charge >= 0.3 is 0 Å². The second-order valence-corrected chi connectivity index (χ2v) is 12.7. The fourth-order valence-electron chi connectivity index (χ4n) is 6.09. The smallest absolute Gasteiger partial charge is 0.226 e. The Labute approximate surface area is 206 Å². The van der Waals surface area contributed by atoms with Crippen molar-refractivity contribution in [1.29, 1.82) is 0 Å². The number of H-pyrrole nitrogens is 1. The molecule has 4 aromatic rings. The zero-order valence-corrected chi connectivity index (χ0v) is 20.6. The third-order valence-corrected chi connectivity index (χ3v) is 10.6. The van der Waals surface area contributed by atoms with Gasteiger partial charge in [0.2, 0.25) is 15.8 Å². The minimum atomic E-state index is -3.48. The summed E-state index contributed by atoms with van der Waals surface area (Å²) in [5.41, 5.74) is 0.968. The molecule has 0 aliphatic carbocycles. The molecule has 35 heavy (non-hydrogen) atoms. The quantitative estimate of drug-likeness (QED) is 0.359. The molecule has 3 saturated heterocycles. The molecule has 3 aliphatic rings. The number of aromatic nitrogens is 5. The number of hydrogen-bond donors (Lipinski definition) is 3. The molecule has 0 radical (unpaired) electrons.